The van der Waals surface area contributed by atoms with Crippen molar-refractivity contribution < 1.29 is 0 Å². The highest BCUT2D eigenvalue weighted by molar-refractivity contribution is 5.83. The Morgan fingerprint density at radius 1 is 0.800 bits per heavy atom. The molecule has 5 rings (SSSR count). The van der Waals surface area contributed by atoms with E-state index in [9.17, 15) is 0 Å². The molecule has 2 aromatic carbocycles. The first kappa shape index (κ1) is 22.9. The number of aromatic amines is 1. The molecule has 180 valence electrons. The first-order valence-electron chi connectivity index (χ1n) is 12.3. The fourth-order valence-corrected chi connectivity index (χ4v) is 4.46. The van der Waals surface area contributed by atoms with Crippen molar-refractivity contribution in [3.63, 3.8) is 0 Å². The van der Waals surface area contributed by atoms with E-state index in [0.29, 0.717) is 24.4 Å². The molecule has 0 unspecified atom stereocenters. The largest absolute Gasteiger partial charge is 0.361 e. The first-order valence-corrected chi connectivity index (χ1v) is 12.3. The van der Waals surface area contributed by atoms with Crippen LogP contribution in [0.3, 0.4) is 0 Å². The number of nitrogens with two attached hydrogens (primary N) is 1. The standard InChI is InChI=1S/C27H32N8/c28-14-5-15-29-25-33-26(30-16-12-20-11-10-19-6-1-2-7-22(19)20)35-27(34-25)31-17-13-21-18-32-24-9-4-3-8-23(21)24/h1-4,6-9,11,18,32H,5,10,12-17,28H2,(H3,29,30,31,33,34,35). The van der Waals surface area contributed by atoms with Crippen molar-refractivity contribution in [2.24, 2.45) is 5.73 Å². The van der Waals surface area contributed by atoms with Crippen molar-refractivity contribution >= 4 is 34.3 Å². The van der Waals surface area contributed by atoms with Crippen LogP contribution < -0.4 is 21.7 Å². The van der Waals surface area contributed by atoms with Gasteiger partial charge < -0.3 is 26.7 Å². The molecule has 0 radical (unpaired) electrons. The molecule has 0 fully saturated rings. The Morgan fingerprint density at radius 3 is 2.29 bits per heavy atom. The van der Waals surface area contributed by atoms with Gasteiger partial charge in [-0.1, -0.05) is 48.5 Å². The zero-order valence-electron chi connectivity index (χ0n) is 19.8. The van der Waals surface area contributed by atoms with E-state index in [4.69, 9.17) is 5.73 Å². The highest BCUT2D eigenvalue weighted by Gasteiger charge is 2.13. The number of allylic oxidation sites excluding steroid dienone is 1. The zero-order chi connectivity index (χ0) is 23.9. The molecule has 8 nitrogen and oxygen atoms in total. The number of aromatic nitrogens is 4. The molecule has 0 aliphatic heterocycles. The Morgan fingerprint density at radius 2 is 1.49 bits per heavy atom. The van der Waals surface area contributed by atoms with Crippen LogP contribution in [0.4, 0.5) is 17.8 Å². The number of fused-ring (bicyclic) bond motifs is 2. The van der Waals surface area contributed by atoms with Crippen molar-refractivity contribution in [2.75, 3.05) is 42.1 Å². The first-order chi connectivity index (χ1) is 17.3. The molecule has 0 spiro atoms. The summed E-state index contributed by atoms with van der Waals surface area (Å²) in [5, 5.41) is 11.3. The predicted molar refractivity (Wildman–Crippen MR) is 144 cm³/mol. The number of anilines is 3. The molecule has 35 heavy (non-hydrogen) atoms. The van der Waals surface area contributed by atoms with Gasteiger partial charge in [0.2, 0.25) is 17.8 Å². The fraction of sp³-hybridized carbons (Fsp3) is 0.296. The lowest BCUT2D eigenvalue weighted by Gasteiger charge is -2.12. The number of benzene rings is 2. The van der Waals surface area contributed by atoms with Crippen LogP contribution >= 0.6 is 0 Å². The molecular weight excluding hydrogens is 436 g/mol. The quantitative estimate of drug-likeness (QED) is 0.198. The van der Waals surface area contributed by atoms with Gasteiger partial charge in [-0.15, -0.1) is 0 Å². The van der Waals surface area contributed by atoms with Gasteiger partial charge in [0.05, 0.1) is 0 Å². The van der Waals surface area contributed by atoms with Crippen LogP contribution in [0.25, 0.3) is 16.5 Å². The summed E-state index contributed by atoms with van der Waals surface area (Å²) in [7, 11) is 0. The molecule has 8 heteroatoms. The molecule has 0 bridgehead atoms. The lowest BCUT2D eigenvalue weighted by atomic mass is 10.0. The molecule has 0 saturated heterocycles. The van der Waals surface area contributed by atoms with E-state index >= 15 is 0 Å². The van der Waals surface area contributed by atoms with Gasteiger partial charge in [0.15, 0.2) is 0 Å². The van der Waals surface area contributed by atoms with Crippen molar-refractivity contribution in [1.29, 1.82) is 0 Å². The molecule has 0 saturated carbocycles. The van der Waals surface area contributed by atoms with Crippen LogP contribution in [0.1, 0.15) is 29.5 Å². The van der Waals surface area contributed by atoms with E-state index in [-0.39, 0.29) is 0 Å². The summed E-state index contributed by atoms with van der Waals surface area (Å²) in [6, 6.07) is 16.9. The highest BCUT2D eigenvalue weighted by Crippen LogP contribution is 2.29. The average Bonchev–Trinajstić information content (AvgIpc) is 3.49. The van der Waals surface area contributed by atoms with Gasteiger partial charge in [-0.3, -0.25) is 0 Å². The number of para-hydroxylation sites is 1. The number of nitrogens with one attached hydrogen (secondary N) is 4. The Labute approximate surface area is 205 Å². The molecule has 0 atom stereocenters. The summed E-state index contributed by atoms with van der Waals surface area (Å²) in [6.07, 6.45) is 8.03. The van der Waals surface area contributed by atoms with Crippen LogP contribution in [0.15, 0.2) is 60.8 Å². The van der Waals surface area contributed by atoms with Crippen molar-refractivity contribution in [1.82, 2.24) is 19.9 Å². The fourth-order valence-electron chi connectivity index (χ4n) is 4.46. The maximum absolute atomic E-state index is 5.64. The molecule has 4 aromatic rings. The van der Waals surface area contributed by atoms with E-state index in [1.807, 2.05) is 6.07 Å². The van der Waals surface area contributed by atoms with Crippen LogP contribution in [0, 0.1) is 0 Å². The van der Waals surface area contributed by atoms with Crippen LogP contribution in [0.5, 0.6) is 0 Å². The Kier molecular flexibility index (Phi) is 7.19. The minimum Gasteiger partial charge on any atom is -0.361 e. The third-order valence-corrected chi connectivity index (χ3v) is 6.26. The Balaban J connectivity index is 1.21. The molecule has 2 aromatic heterocycles. The van der Waals surface area contributed by atoms with Gasteiger partial charge in [-0.2, -0.15) is 15.0 Å². The number of rotatable bonds is 12. The third kappa shape index (κ3) is 5.60. The number of H-pyrrole nitrogens is 1. The minimum absolute atomic E-state index is 0.552. The second-order valence-corrected chi connectivity index (χ2v) is 8.68. The SMILES string of the molecule is NCCCNc1nc(NCCC2=CCc3ccccc32)nc(NCCc2c[nH]c3ccccc23)n1. The summed E-state index contributed by atoms with van der Waals surface area (Å²) in [6.45, 7) is 2.81. The zero-order valence-corrected chi connectivity index (χ0v) is 19.8. The van der Waals surface area contributed by atoms with Gasteiger partial charge in [0.1, 0.15) is 0 Å². The molecule has 6 N–H and O–H groups in total. The summed E-state index contributed by atoms with van der Waals surface area (Å²) in [5.74, 6) is 1.68. The molecular formula is C27H32N8. The van der Waals surface area contributed by atoms with Crippen molar-refractivity contribution in [2.45, 2.75) is 25.7 Å². The molecule has 2 heterocycles. The van der Waals surface area contributed by atoms with Crippen LogP contribution in [0.2, 0.25) is 0 Å². The monoisotopic (exact) mass is 468 g/mol. The van der Waals surface area contributed by atoms with E-state index < -0.39 is 0 Å². The summed E-state index contributed by atoms with van der Waals surface area (Å²) < 4.78 is 0. The average molecular weight is 469 g/mol. The third-order valence-electron chi connectivity index (χ3n) is 6.26. The number of nitrogens with zero attached hydrogens (tertiary/aromatic N) is 3. The van der Waals surface area contributed by atoms with Crippen molar-refractivity contribution in [3.05, 3.63) is 77.5 Å². The van der Waals surface area contributed by atoms with Gasteiger partial charge in [0, 0.05) is 36.7 Å². The van der Waals surface area contributed by atoms with E-state index in [2.05, 4.69) is 90.6 Å². The van der Waals surface area contributed by atoms with Crippen LogP contribution in [-0.4, -0.2) is 46.1 Å². The summed E-state index contributed by atoms with van der Waals surface area (Å²) >= 11 is 0. The summed E-state index contributed by atoms with van der Waals surface area (Å²) in [5.41, 5.74) is 12.2. The second-order valence-electron chi connectivity index (χ2n) is 8.68. The summed E-state index contributed by atoms with van der Waals surface area (Å²) in [4.78, 5) is 17.1. The molecule has 0 amide bonds. The van der Waals surface area contributed by atoms with Gasteiger partial charge in [0.25, 0.3) is 0 Å². The molecule has 1 aliphatic rings. The minimum atomic E-state index is 0.552. The van der Waals surface area contributed by atoms with Crippen LogP contribution in [-0.2, 0) is 12.8 Å². The highest BCUT2D eigenvalue weighted by atomic mass is 15.3. The Bertz CT molecular complexity index is 1310. The van der Waals surface area contributed by atoms with E-state index in [0.717, 1.165) is 50.8 Å². The predicted octanol–water partition coefficient (Wildman–Crippen LogP) is 4.21. The molecule has 1 aliphatic carbocycles. The lowest BCUT2D eigenvalue weighted by molar-refractivity contribution is 0.858. The second kappa shape index (κ2) is 11.0. The lowest BCUT2D eigenvalue weighted by Crippen LogP contribution is -2.16. The van der Waals surface area contributed by atoms with Gasteiger partial charge in [-0.05, 0) is 60.6 Å². The maximum Gasteiger partial charge on any atom is 0.229 e. The van der Waals surface area contributed by atoms with E-state index in [1.54, 1.807) is 0 Å². The Hall–Kier alpha value is -3.91. The topological polar surface area (TPSA) is 117 Å². The van der Waals surface area contributed by atoms with E-state index in [1.165, 1.54) is 27.6 Å². The number of hydrogen-bond donors (Lipinski definition) is 5. The number of hydrogen-bond acceptors (Lipinski definition) is 7. The van der Waals surface area contributed by atoms with Gasteiger partial charge >= 0.3 is 0 Å². The normalized spacial score (nSPS) is 12.4. The maximum atomic E-state index is 5.64. The smallest absolute Gasteiger partial charge is 0.229 e. The van der Waals surface area contributed by atoms with Gasteiger partial charge in [-0.25, -0.2) is 0 Å². The van der Waals surface area contributed by atoms with Crippen molar-refractivity contribution in [3.8, 4) is 0 Å².